The summed E-state index contributed by atoms with van der Waals surface area (Å²) in [6.07, 6.45) is 5.66. The summed E-state index contributed by atoms with van der Waals surface area (Å²) < 4.78 is 0. The van der Waals surface area contributed by atoms with Crippen LogP contribution in [0.15, 0.2) is 0 Å². The molecule has 10 heavy (non-hydrogen) atoms. The van der Waals surface area contributed by atoms with Gasteiger partial charge in [0.05, 0.1) is 0 Å². The summed E-state index contributed by atoms with van der Waals surface area (Å²) in [6, 6.07) is 0.843. The van der Waals surface area contributed by atoms with Gasteiger partial charge in [-0.1, -0.05) is 26.7 Å². The van der Waals surface area contributed by atoms with Crippen molar-refractivity contribution in [3.63, 3.8) is 0 Å². The first-order valence-corrected chi connectivity index (χ1v) is 4.61. The van der Waals surface area contributed by atoms with E-state index < -0.39 is 0 Å². The third-order valence-electron chi connectivity index (χ3n) is 2.65. The molecule has 2 atom stereocenters. The predicted octanol–water partition coefficient (Wildman–Crippen LogP) is 2.17. The lowest BCUT2D eigenvalue weighted by atomic mass is 10.0. The second-order valence-corrected chi connectivity index (χ2v) is 3.26. The van der Waals surface area contributed by atoms with E-state index in [4.69, 9.17) is 0 Å². The minimum atomic E-state index is 0.843. The summed E-state index contributed by atoms with van der Waals surface area (Å²) >= 11 is 0. The van der Waals surface area contributed by atoms with Crippen LogP contribution >= 0.6 is 0 Å². The Labute approximate surface area is 64.2 Å². The zero-order chi connectivity index (χ0) is 7.40. The molecular formula is C9H19N. The van der Waals surface area contributed by atoms with Crippen molar-refractivity contribution in [1.82, 2.24) is 5.32 Å². The van der Waals surface area contributed by atoms with Gasteiger partial charge in [0.1, 0.15) is 0 Å². The molecule has 60 valence electrons. The average Bonchev–Trinajstić information content (AvgIpc) is 2.36. The Balaban J connectivity index is 2.27. The highest BCUT2D eigenvalue weighted by Gasteiger charge is 2.23. The summed E-state index contributed by atoms with van der Waals surface area (Å²) in [4.78, 5) is 0. The van der Waals surface area contributed by atoms with Crippen molar-refractivity contribution in [1.29, 1.82) is 0 Å². The Morgan fingerprint density at radius 2 is 2.10 bits per heavy atom. The molecule has 1 aliphatic carbocycles. The minimum Gasteiger partial charge on any atom is -0.314 e. The number of hydrogen-bond acceptors (Lipinski definition) is 1. The fraction of sp³-hybridized carbons (Fsp3) is 1.00. The fourth-order valence-electron chi connectivity index (χ4n) is 2.06. The van der Waals surface area contributed by atoms with Gasteiger partial charge >= 0.3 is 0 Å². The second kappa shape index (κ2) is 3.97. The molecule has 0 aliphatic heterocycles. The zero-order valence-corrected chi connectivity index (χ0v) is 7.19. The molecule has 0 spiro atoms. The standard InChI is InChI=1S/C9H19N/c1-3-8-6-5-7-9(8)10-4-2/h8-10H,3-7H2,1-2H3. The molecule has 0 aromatic heterocycles. The highest BCUT2D eigenvalue weighted by molar-refractivity contribution is 4.81. The first kappa shape index (κ1) is 8.06. The van der Waals surface area contributed by atoms with E-state index in [2.05, 4.69) is 19.2 Å². The summed E-state index contributed by atoms with van der Waals surface area (Å²) in [5.41, 5.74) is 0. The lowest BCUT2D eigenvalue weighted by Gasteiger charge is -2.17. The maximum Gasteiger partial charge on any atom is 0.00951 e. The van der Waals surface area contributed by atoms with Crippen LogP contribution in [0.25, 0.3) is 0 Å². The quantitative estimate of drug-likeness (QED) is 0.635. The molecule has 0 amide bonds. The summed E-state index contributed by atoms with van der Waals surface area (Å²) in [6.45, 7) is 5.65. The van der Waals surface area contributed by atoms with Crippen LogP contribution in [0.1, 0.15) is 39.5 Å². The van der Waals surface area contributed by atoms with Gasteiger partial charge in [-0.05, 0) is 25.3 Å². The largest absolute Gasteiger partial charge is 0.314 e. The molecule has 0 saturated heterocycles. The van der Waals surface area contributed by atoms with Crippen molar-refractivity contribution in [2.45, 2.75) is 45.6 Å². The molecule has 0 heterocycles. The Bertz CT molecular complexity index is 90.7. The Hall–Kier alpha value is -0.0400. The topological polar surface area (TPSA) is 12.0 Å². The third kappa shape index (κ3) is 1.72. The molecule has 1 rings (SSSR count). The van der Waals surface area contributed by atoms with E-state index in [1.165, 1.54) is 25.7 Å². The van der Waals surface area contributed by atoms with Crippen LogP contribution in [0.4, 0.5) is 0 Å². The smallest absolute Gasteiger partial charge is 0.00951 e. The first-order chi connectivity index (χ1) is 4.88. The van der Waals surface area contributed by atoms with E-state index in [0.717, 1.165) is 18.5 Å². The second-order valence-electron chi connectivity index (χ2n) is 3.26. The molecule has 0 aromatic rings. The van der Waals surface area contributed by atoms with Crippen LogP contribution in [-0.4, -0.2) is 12.6 Å². The Morgan fingerprint density at radius 3 is 2.70 bits per heavy atom. The van der Waals surface area contributed by atoms with Gasteiger partial charge in [-0.15, -0.1) is 0 Å². The van der Waals surface area contributed by atoms with Gasteiger partial charge in [0.15, 0.2) is 0 Å². The molecule has 1 N–H and O–H groups in total. The van der Waals surface area contributed by atoms with Gasteiger partial charge < -0.3 is 5.32 Å². The van der Waals surface area contributed by atoms with Gasteiger partial charge in [-0.25, -0.2) is 0 Å². The predicted molar refractivity (Wildman–Crippen MR) is 45.1 cm³/mol. The van der Waals surface area contributed by atoms with Gasteiger partial charge in [0.25, 0.3) is 0 Å². The average molecular weight is 141 g/mol. The summed E-state index contributed by atoms with van der Waals surface area (Å²) in [5, 5.41) is 3.55. The number of hydrogen-bond donors (Lipinski definition) is 1. The molecule has 1 heteroatoms. The van der Waals surface area contributed by atoms with Gasteiger partial charge in [-0.3, -0.25) is 0 Å². The van der Waals surface area contributed by atoms with Crippen LogP contribution < -0.4 is 5.32 Å². The van der Waals surface area contributed by atoms with Crippen molar-refractivity contribution in [2.24, 2.45) is 5.92 Å². The lowest BCUT2D eigenvalue weighted by molar-refractivity contribution is 0.398. The van der Waals surface area contributed by atoms with E-state index in [-0.39, 0.29) is 0 Å². The van der Waals surface area contributed by atoms with E-state index in [1.807, 2.05) is 0 Å². The number of nitrogens with one attached hydrogen (secondary N) is 1. The molecule has 0 bridgehead atoms. The van der Waals surface area contributed by atoms with Crippen molar-refractivity contribution < 1.29 is 0 Å². The molecule has 2 unspecified atom stereocenters. The van der Waals surface area contributed by atoms with Crippen LogP contribution in [0, 0.1) is 5.92 Å². The molecule has 1 fully saturated rings. The minimum absolute atomic E-state index is 0.843. The molecule has 1 saturated carbocycles. The highest BCUT2D eigenvalue weighted by atomic mass is 14.9. The van der Waals surface area contributed by atoms with Crippen LogP contribution in [0.3, 0.4) is 0 Å². The van der Waals surface area contributed by atoms with Crippen molar-refractivity contribution >= 4 is 0 Å². The SMILES string of the molecule is CCNC1CCCC1CC. The fourth-order valence-corrected chi connectivity index (χ4v) is 2.06. The molecule has 1 aliphatic rings. The Kier molecular flexibility index (Phi) is 3.20. The highest BCUT2D eigenvalue weighted by Crippen LogP contribution is 2.27. The molecule has 1 nitrogen and oxygen atoms in total. The third-order valence-corrected chi connectivity index (χ3v) is 2.65. The normalized spacial score (nSPS) is 33.0. The van der Waals surface area contributed by atoms with E-state index >= 15 is 0 Å². The van der Waals surface area contributed by atoms with E-state index in [9.17, 15) is 0 Å². The van der Waals surface area contributed by atoms with Crippen LogP contribution in [-0.2, 0) is 0 Å². The van der Waals surface area contributed by atoms with Crippen molar-refractivity contribution in [3.8, 4) is 0 Å². The van der Waals surface area contributed by atoms with Gasteiger partial charge in [0.2, 0.25) is 0 Å². The van der Waals surface area contributed by atoms with Gasteiger partial charge in [0, 0.05) is 6.04 Å². The Morgan fingerprint density at radius 1 is 1.30 bits per heavy atom. The number of rotatable bonds is 3. The molecule has 0 aromatic carbocycles. The lowest BCUT2D eigenvalue weighted by Crippen LogP contribution is -2.31. The molecule has 0 radical (unpaired) electrons. The maximum atomic E-state index is 3.55. The van der Waals surface area contributed by atoms with Crippen LogP contribution in [0.2, 0.25) is 0 Å². The zero-order valence-electron chi connectivity index (χ0n) is 7.19. The first-order valence-electron chi connectivity index (χ1n) is 4.61. The summed E-state index contributed by atoms with van der Waals surface area (Å²) in [7, 11) is 0. The summed E-state index contributed by atoms with van der Waals surface area (Å²) in [5.74, 6) is 0.972. The maximum absolute atomic E-state index is 3.55. The van der Waals surface area contributed by atoms with E-state index in [1.54, 1.807) is 0 Å². The molecular weight excluding hydrogens is 122 g/mol. The van der Waals surface area contributed by atoms with Crippen molar-refractivity contribution in [3.05, 3.63) is 0 Å². The van der Waals surface area contributed by atoms with Crippen molar-refractivity contribution in [2.75, 3.05) is 6.54 Å². The van der Waals surface area contributed by atoms with E-state index in [0.29, 0.717) is 0 Å². The van der Waals surface area contributed by atoms with Gasteiger partial charge in [-0.2, -0.15) is 0 Å². The monoisotopic (exact) mass is 141 g/mol. The van der Waals surface area contributed by atoms with Crippen LogP contribution in [0.5, 0.6) is 0 Å².